The molecule has 7 nitrogen and oxygen atoms in total. The molecule has 0 spiro atoms. The van der Waals surface area contributed by atoms with Gasteiger partial charge in [0, 0.05) is 31.5 Å². The van der Waals surface area contributed by atoms with Crippen LogP contribution in [0.1, 0.15) is 32.8 Å². The van der Waals surface area contributed by atoms with Gasteiger partial charge in [-0.1, -0.05) is 31.5 Å². The van der Waals surface area contributed by atoms with E-state index >= 15 is 0 Å². The summed E-state index contributed by atoms with van der Waals surface area (Å²) < 4.78 is 32.5. The van der Waals surface area contributed by atoms with Crippen molar-refractivity contribution in [3.8, 4) is 0 Å². The van der Waals surface area contributed by atoms with Crippen LogP contribution in [0.15, 0.2) is 29.2 Å². The smallest absolute Gasteiger partial charge is 0.240 e. The fourth-order valence-electron chi connectivity index (χ4n) is 3.14. The van der Waals surface area contributed by atoms with Crippen LogP contribution in [0.4, 0.5) is 0 Å². The van der Waals surface area contributed by atoms with Crippen molar-refractivity contribution in [2.45, 2.75) is 50.7 Å². The van der Waals surface area contributed by atoms with Gasteiger partial charge < -0.3 is 15.8 Å². The van der Waals surface area contributed by atoms with Crippen molar-refractivity contribution >= 4 is 15.9 Å². The van der Waals surface area contributed by atoms with E-state index in [-0.39, 0.29) is 30.0 Å². The maximum atomic E-state index is 12.5. The number of benzene rings is 1. The molecule has 0 saturated heterocycles. The summed E-state index contributed by atoms with van der Waals surface area (Å²) in [5.41, 5.74) is 5.78. The Morgan fingerprint density at radius 1 is 1.27 bits per heavy atom. The Labute approximate surface area is 155 Å². The van der Waals surface area contributed by atoms with Crippen LogP contribution >= 0.6 is 0 Å². The third kappa shape index (κ3) is 3.93. The fourth-order valence-corrected chi connectivity index (χ4v) is 4.17. The van der Waals surface area contributed by atoms with Crippen molar-refractivity contribution in [2.24, 2.45) is 11.1 Å². The Balaban J connectivity index is 1.84. The maximum absolute atomic E-state index is 12.5. The number of hydrogen-bond acceptors (Lipinski definition) is 5. The molecular weight excluding hydrogens is 354 g/mol. The number of rotatable bonds is 8. The highest BCUT2D eigenvalue weighted by Crippen LogP contribution is 2.49. The van der Waals surface area contributed by atoms with Crippen molar-refractivity contribution in [1.29, 1.82) is 0 Å². The highest BCUT2D eigenvalue weighted by Gasteiger charge is 2.62. The van der Waals surface area contributed by atoms with Crippen LogP contribution in [0.25, 0.3) is 0 Å². The summed E-state index contributed by atoms with van der Waals surface area (Å²) in [7, 11) is -3.59. The van der Waals surface area contributed by atoms with Gasteiger partial charge >= 0.3 is 0 Å². The zero-order chi connectivity index (χ0) is 19.6. The molecule has 0 aliphatic heterocycles. The zero-order valence-corrected chi connectivity index (χ0v) is 16.7. The second-order valence-electron chi connectivity index (χ2n) is 7.31. The number of nitrogens with two attached hydrogens (primary N) is 1. The van der Waals surface area contributed by atoms with E-state index < -0.39 is 21.0 Å². The Kier molecular flexibility index (Phi) is 6.12. The Morgan fingerprint density at radius 3 is 2.42 bits per heavy atom. The summed E-state index contributed by atoms with van der Waals surface area (Å²) >= 11 is 0. The first-order chi connectivity index (χ1) is 12.0. The summed E-state index contributed by atoms with van der Waals surface area (Å²) in [6.07, 6.45) is 0.401. The van der Waals surface area contributed by atoms with Gasteiger partial charge in [0.15, 0.2) is 0 Å². The Morgan fingerprint density at radius 2 is 1.88 bits per heavy atom. The van der Waals surface area contributed by atoms with Crippen molar-refractivity contribution in [3.63, 3.8) is 0 Å². The van der Waals surface area contributed by atoms with Gasteiger partial charge in [0.05, 0.1) is 11.0 Å². The molecular formula is C18H29N3O4S. The quantitative estimate of drug-likeness (QED) is 0.578. The minimum absolute atomic E-state index is 0.0525. The first-order valence-corrected chi connectivity index (χ1v) is 10.3. The van der Waals surface area contributed by atoms with Crippen molar-refractivity contribution in [1.82, 2.24) is 10.0 Å². The molecule has 0 aromatic heterocycles. The van der Waals surface area contributed by atoms with Crippen LogP contribution in [0.5, 0.6) is 0 Å². The van der Waals surface area contributed by atoms with Gasteiger partial charge in [-0.25, -0.2) is 13.1 Å². The van der Waals surface area contributed by atoms with Gasteiger partial charge in [0.2, 0.25) is 15.9 Å². The van der Waals surface area contributed by atoms with Crippen molar-refractivity contribution < 1.29 is 17.9 Å². The average molecular weight is 384 g/mol. The Hall–Kier alpha value is -1.48. The predicted octanol–water partition coefficient (Wildman–Crippen LogP) is 0.922. The summed E-state index contributed by atoms with van der Waals surface area (Å²) in [6.45, 7) is 8.46. The lowest BCUT2D eigenvalue weighted by Crippen LogP contribution is -2.75. The van der Waals surface area contributed by atoms with E-state index in [0.717, 1.165) is 5.56 Å². The van der Waals surface area contributed by atoms with Gasteiger partial charge in [-0.15, -0.1) is 0 Å². The van der Waals surface area contributed by atoms with E-state index in [1.807, 2.05) is 27.7 Å². The van der Waals surface area contributed by atoms with E-state index in [2.05, 4.69) is 10.0 Å². The van der Waals surface area contributed by atoms with E-state index in [9.17, 15) is 13.2 Å². The summed E-state index contributed by atoms with van der Waals surface area (Å²) in [6, 6.07) is 6.58. The predicted molar refractivity (Wildman–Crippen MR) is 100 cm³/mol. The number of carbonyl (C=O) groups is 1. The SMILES string of the molecule is CCOC1CC(N)(C(=O)NCCNS(=O)(=O)c2ccc(C)cc2)C1(C)C. The molecule has 0 radical (unpaired) electrons. The summed E-state index contributed by atoms with van der Waals surface area (Å²) in [4.78, 5) is 12.7. The lowest BCUT2D eigenvalue weighted by Gasteiger charge is -2.57. The third-order valence-corrected chi connectivity index (χ3v) is 6.75. The number of sulfonamides is 1. The van der Waals surface area contributed by atoms with Crippen LogP contribution < -0.4 is 15.8 Å². The maximum Gasteiger partial charge on any atom is 0.240 e. The second kappa shape index (κ2) is 7.64. The molecule has 1 aromatic rings. The minimum atomic E-state index is -3.59. The Bertz CT molecular complexity index is 746. The summed E-state index contributed by atoms with van der Waals surface area (Å²) in [5, 5.41) is 2.73. The van der Waals surface area contributed by atoms with Crippen LogP contribution in [-0.2, 0) is 19.6 Å². The van der Waals surface area contributed by atoms with Gasteiger partial charge in [-0.05, 0) is 26.0 Å². The molecule has 1 aromatic carbocycles. The molecule has 26 heavy (non-hydrogen) atoms. The van der Waals surface area contributed by atoms with Gasteiger partial charge in [-0.3, -0.25) is 4.79 Å². The topological polar surface area (TPSA) is 111 Å². The third-order valence-electron chi connectivity index (χ3n) is 5.27. The van der Waals surface area contributed by atoms with E-state index in [1.54, 1.807) is 24.3 Å². The average Bonchev–Trinajstić information content (AvgIpc) is 2.58. The van der Waals surface area contributed by atoms with Gasteiger partial charge in [0.25, 0.3) is 0 Å². The van der Waals surface area contributed by atoms with Crippen LogP contribution in [0.2, 0.25) is 0 Å². The normalized spacial score (nSPS) is 24.7. The minimum Gasteiger partial charge on any atom is -0.378 e. The number of aryl methyl sites for hydroxylation is 1. The highest BCUT2D eigenvalue weighted by atomic mass is 32.2. The van der Waals surface area contributed by atoms with E-state index in [0.29, 0.717) is 13.0 Å². The van der Waals surface area contributed by atoms with E-state index in [4.69, 9.17) is 10.5 Å². The standard InChI is InChI=1S/C18H29N3O4S/c1-5-25-15-12-18(19,17(15,3)4)16(22)20-10-11-21-26(23,24)14-8-6-13(2)7-9-14/h6-9,15,21H,5,10-12,19H2,1-4H3,(H,20,22). The first-order valence-electron chi connectivity index (χ1n) is 8.79. The molecule has 8 heteroatoms. The molecule has 1 amide bonds. The highest BCUT2D eigenvalue weighted by molar-refractivity contribution is 7.89. The van der Waals surface area contributed by atoms with Crippen LogP contribution in [-0.4, -0.2) is 45.7 Å². The van der Waals surface area contributed by atoms with Gasteiger partial charge in [0.1, 0.15) is 5.54 Å². The molecule has 4 N–H and O–H groups in total. The molecule has 2 unspecified atom stereocenters. The lowest BCUT2D eigenvalue weighted by atomic mass is 9.54. The monoisotopic (exact) mass is 383 g/mol. The lowest BCUT2D eigenvalue weighted by molar-refractivity contribution is -0.170. The number of nitrogens with one attached hydrogen (secondary N) is 2. The number of carbonyl (C=O) groups excluding carboxylic acids is 1. The van der Waals surface area contributed by atoms with Crippen molar-refractivity contribution in [3.05, 3.63) is 29.8 Å². The molecule has 0 heterocycles. The second-order valence-corrected chi connectivity index (χ2v) is 9.07. The van der Waals surface area contributed by atoms with Gasteiger partial charge in [-0.2, -0.15) is 0 Å². The molecule has 1 saturated carbocycles. The number of ether oxygens (including phenoxy) is 1. The van der Waals surface area contributed by atoms with E-state index in [1.165, 1.54) is 0 Å². The molecule has 0 bridgehead atoms. The first kappa shape index (κ1) is 20.8. The van der Waals surface area contributed by atoms with Crippen molar-refractivity contribution in [2.75, 3.05) is 19.7 Å². The molecule has 1 aliphatic carbocycles. The molecule has 2 atom stereocenters. The number of amides is 1. The zero-order valence-electron chi connectivity index (χ0n) is 15.8. The molecule has 1 aliphatic rings. The summed E-state index contributed by atoms with van der Waals surface area (Å²) in [5.74, 6) is -0.284. The largest absolute Gasteiger partial charge is 0.378 e. The number of hydrogen-bond donors (Lipinski definition) is 3. The van der Waals surface area contributed by atoms with Crippen LogP contribution in [0.3, 0.4) is 0 Å². The molecule has 146 valence electrons. The molecule has 2 rings (SSSR count). The van der Waals surface area contributed by atoms with Crippen LogP contribution in [0, 0.1) is 12.3 Å². The fraction of sp³-hybridized carbons (Fsp3) is 0.611. The molecule has 1 fully saturated rings.